The van der Waals surface area contributed by atoms with Crippen LogP contribution in [0.15, 0.2) is 73.1 Å². The molecule has 2 aromatic carbocycles. The molecule has 3 aromatic rings. The second-order valence-corrected chi connectivity index (χ2v) is 7.54. The van der Waals surface area contributed by atoms with E-state index in [4.69, 9.17) is 16.3 Å². The van der Waals surface area contributed by atoms with Crippen LogP contribution in [0.2, 0.25) is 5.02 Å². The van der Waals surface area contributed by atoms with Crippen LogP contribution in [0.5, 0.6) is 6.01 Å². The van der Waals surface area contributed by atoms with Crippen LogP contribution in [0.1, 0.15) is 29.9 Å². The molecule has 0 N–H and O–H groups in total. The van der Waals surface area contributed by atoms with Gasteiger partial charge in [0.05, 0.1) is 29.9 Å². The lowest BCUT2D eigenvalue weighted by Crippen LogP contribution is -2.46. The number of piperidine rings is 1. The van der Waals surface area contributed by atoms with E-state index in [0.29, 0.717) is 11.6 Å². The number of carbonyl (C=O) groups excluding carboxylic acids is 1. The third-order valence-corrected chi connectivity index (χ3v) is 5.27. The fourth-order valence-electron chi connectivity index (χ4n) is 3.70. The monoisotopic (exact) mass is 407 g/mol. The number of amides is 1. The van der Waals surface area contributed by atoms with Gasteiger partial charge in [0.2, 0.25) is 5.91 Å². The number of rotatable bonds is 5. The highest BCUT2D eigenvalue weighted by atomic mass is 35.5. The molecule has 1 fully saturated rings. The summed E-state index contributed by atoms with van der Waals surface area (Å²) in [5.74, 6) is -0.240. The first-order chi connectivity index (χ1) is 14.2. The van der Waals surface area contributed by atoms with Crippen LogP contribution in [0.4, 0.5) is 0 Å². The van der Waals surface area contributed by atoms with Crippen LogP contribution in [-0.2, 0) is 4.79 Å². The number of hydrogen-bond donors (Lipinski definition) is 0. The van der Waals surface area contributed by atoms with Gasteiger partial charge in [0.1, 0.15) is 6.10 Å². The Kier molecular flexibility index (Phi) is 6.06. The van der Waals surface area contributed by atoms with E-state index in [1.165, 1.54) is 12.4 Å². The minimum atomic E-state index is -0.331. The summed E-state index contributed by atoms with van der Waals surface area (Å²) in [4.78, 5) is 23.7. The zero-order chi connectivity index (χ0) is 20.1. The van der Waals surface area contributed by atoms with E-state index in [0.717, 1.165) is 30.5 Å². The van der Waals surface area contributed by atoms with Gasteiger partial charge in [0.25, 0.3) is 0 Å². The summed E-state index contributed by atoms with van der Waals surface area (Å²) in [5.41, 5.74) is 1.99. The summed E-state index contributed by atoms with van der Waals surface area (Å²) in [6.07, 6.45) is 4.62. The van der Waals surface area contributed by atoms with Gasteiger partial charge in [-0.2, -0.15) is 0 Å². The number of halogens is 1. The van der Waals surface area contributed by atoms with Crippen LogP contribution in [0.25, 0.3) is 0 Å². The van der Waals surface area contributed by atoms with Crippen molar-refractivity contribution in [3.63, 3.8) is 0 Å². The van der Waals surface area contributed by atoms with Gasteiger partial charge in [-0.3, -0.25) is 4.79 Å². The largest absolute Gasteiger partial charge is 0.458 e. The Bertz CT molecular complexity index is 896. The molecule has 0 spiro atoms. The van der Waals surface area contributed by atoms with E-state index in [9.17, 15) is 4.79 Å². The highest BCUT2D eigenvalue weighted by Gasteiger charge is 2.31. The summed E-state index contributed by atoms with van der Waals surface area (Å²) in [7, 11) is 0. The fourth-order valence-corrected chi connectivity index (χ4v) is 3.79. The molecule has 1 atom stereocenters. The SMILES string of the molecule is O=C(C(c1ccccc1)c1ccccc1)N1CCCC(Oc2ncc(Cl)cn2)C1. The Morgan fingerprint density at radius 1 is 1.00 bits per heavy atom. The molecule has 148 valence electrons. The summed E-state index contributed by atoms with van der Waals surface area (Å²) in [5, 5.41) is 0.464. The molecule has 4 rings (SSSR count). The molecular weight excluding hydrogens is 386 g/mol. The molecule has 6 heteroatoms. The number of nitrogens with zero attached hydrogens (tertiary/aromatic N) is 3. The lowest BCUT2D eigenvalue weighted by molar-refractivity contribution is -0.134. The Morgan fingerprint density at radius 3 is 2.17 bits per heavy atom. The molecule has 1 saturated heterocycles. The van der Waals surface area contributed by atoms with Crippen molar-refractivity contribution in [2.45, 2.75) is 24.9 Å². The molecule has 1 aliphatic rings. The maximum Gasteiger partial charge on any atom is 0.316 e. The molecular formula is C23H22ClN3O2. The number of aromatic nitrogens is 2. The zero-order valence-corrected chi connectivity index (χ0v) is 16.7. The van der Waals surface area contributed by atoms with Crippen LogP contribution >= 0.6 is 11.6 Å². The number of likely N-dealkylation sites (tertiary alicyclic amines) is 1. The minimum absolute atomic E-state index is 0.0905. The highest BCUT2D eigenvalue weighted by molar-refractivity contribution is 6.30. The second-order valence-electron chi connectivity index (χ2n) is 7.10. The molecule has 1 aliphatic heterocycles. The van der Waals surface area contributed by atoms with Crippen molar-refractivity contribution >= 4 is 17.5 Å². The zero-order valence-electron chi connectivity index (χ0n) is 15.9. The predicted octanol–water partition coefficient (Wildman–Crippen LogP) is 4.33. The molecule has 0 aliphatic carbocycles. The van der Waals surface area contributed by atoms with E-state index in [-0.39, 0.29) is 23.9 Å². The first-order valence-corrected chi connectivity index (χ1v) is 10.1. The van der Waals surface area contributed by atoms with Gasteiger partial charge in [-0.05, 0) is 24.0 Å². The molecule has 0 radical (unpaired) electrons. The maximum atomic E-state index is 13.6. The van der Waals surface area contributed by atoms with Crippen LogP contribution < -0.4 is 4.74 Å². The Hall–Kier alpha value is -2.92. The molecule has 29 heavy (non-hydrogen) atoms. The number of hydrogen-bond acceptors (Lipinski definition) is 4. The summed E-state index contributed by atoms with van der Waals surface area (Å²) >= 11 is 5.84. The lowest BCUT2D eigenvalue weighted by atomic mass is 9.89. The van der Waals surface area contributed by atoms with Crippen molar-refractivity contribution in [2.75, 3.05) is 13.1 Å². The van der Waals surface area contributed by atoms with Gasteiger partial charge >= 0.3 is 6.01 Å². The molecule has 2 heterocycles. The summed E-state index contributed by atoms with van der Waals surface area (Å²) < 4.78 is 5.91. The molecule has 0 saturated carbocycles. The van der Waals surface area contributed by atoms with Crippen molar-refractivity contribution in [3.05, 3.63) is 89.2 Å². The molecule has 1 unspecified atom stereocenters. The third-order valence-electron chi connectivity index (χ3n) is 5.07. The average Bonchev–Trinajstić information content (AvgIpc) is 2.77. The normalized spacial score (nSPS) is 16.6. The number of benzene rings is 2. The predicted molar refractivity (Wildman–Crippen MR) is 112 cm³/mol. The van der Waals surface area contributed by atoms with E-state index >= 15 is 0 Å². The minimum Gasteiger partial charge on any atom is -0.458 e. The summed E-state index contributed by atoms with van der Waals surface area (Å²) in [6, 6.07) is 20.1. The van der Waals surface area contributed by atoms with Crippen LogP contribution in [0, 0.1) is 0 Å². The van der Waals surface area contributed by atoms with Gasteiger partial charge in [-0.25, -0.2) is 9.97 Å². The van der Waals surface area contributed by atoms with Crippen molar-refractivity contribution in [3.8, 4) is 6.01 Å². The number of carbonyl (C=O) groups is 1. The van der Waals surface area contributed by atoms with Crippen molar-refractivity contribution in [2.24, 2.45) is 0 Å². The van der Waals surface area contributed by atoms with Gasteiger partial charge in [0, 0.05) is 6.54 Å². The summed E-state index contributed by atoms with van der Waals surface area (Å²) in [6.45, 7) is 1.23. The molecule has 1 amide bonds. The Balaban J connectivity index is 1.53. The Morgan fingerprint density at radius 2 is 1.59 bits per heavy atom. The highest BCUT2D eigenvalue weighted by Crippen LogP contribution is 2.28. The smallest absolute Gasteiger partial charge is 0.316 e. The topological polar surface area (TPSA) is 55.3 Å². The van der Waals surface area contributed by atoms with E-state index in [1.807, 2.05) is 65.6 Å². The first-order valence-electron chi connectivity index (χ1n) is 9.73. The van der Waals surface area contributed by atoms with Gasteiger partial charge < -0.3 is 9.64 Å². The van der Waals surface area contributed by atoms with Gasteiger partial charge in [-0.1, -0.05) is 72.3 Å². The average molecular weight is 408 g/mol. The van der Waals surface area contributed by atoms with E-state index in [1.54, 1.807) is 0 Å². The van der Waals surface area contributed by atoms with Gasteiger partial charge in [0.15, 0.2) is 0 Å². The lowest BCUT2D eigenvalue weighted by Gasteiger charge is -2.35. The van der Waals surface area contributed by atoms with Gasteiger partial charge in [-0.15, -0.1) is 0 Å². The van der Waals surface area contributed by atoms with E-state index < -0.39 is 0 Å². The fraction of sp³-hybridized carbons (Fsp3) is 0.261. The maximum absolute atomic E-state index is 13.6. The van der Waals surface area contributed by atoms with Crippen molar-refractivity contribution < 1.29 is 9.53 Å². The second kappa shape index (κ2) is 9.05. The van der Waals surface area contributed by atoms with Crippen molar-refractivity contribution in [1.82, 2.24) is 14.9 Å². The van der Waals surface area contributed by atoms with E-state index in [2.05, 4.69) is 9.97 Å². The first kappa shape index (κ1) is 19.4. The standard InChI is InChI=1S/C23H22ClN3O2/c24-19-14-25-23(26-15-19)29-20-12-7-13-27(16-20)22(28)21(17-8-3-1-4-9-17)18-10-5-2-6-11-18/h1-6,8-11,14-15,20-21H,7,12-13,16H2. The quantitative estimate of drug-likeness (QED) is 0.631. The van der Waals surface area contributed by atoms with Crippen LogP contribution in [0.3, 0.4) is 0 Å². The molecule has 5 nitrogen and oxygen atoms in total. The molecule has 1 aromatic heterocycles. The number of ether oxygens (including phenoxy) is 1. The molecule has 0 bridgehead atoms. The third kappa shape index (κ3) is 4.74. The van der Waals surface area contributed by atoms with Crippen molar-refractivity contribution in [1.29, 1.82) is 0 Å². The van der Waals surface area contributed by atoms with Crippen LogP contribution in [-0.4, -0.2) is 40.0 Å². The Labute approximate surface area is 175 Å².